The molecular formula is C10H17NO. The van der Waals surface area contributed by atoms with Crippen molar-refractivity contribution in [2.24, 2.45) is 11.8 Å². The predicted octanol–water partition coefficient (Wildman–Crippen LogP) is 1.65. The molecule has 1 aliphatic carbocycles. The van der Waals surface area contributed by atoms with Gasteiger partial charge in [-0.25, -0.2) is 0 Å². The number of hydrogen-bond acceptors (Lipinski definition) is 1. The van der Waals surface area contributed by atoms with Crippen LogP contribution in [-0.2, 0) is 4.79 Å². The maximum atomic E-state index is 10.6. The van der Waals surface area contributed by atoms with E-state index < -0.39 is 0 Å². The number of fused-ring (bicyclic) bond motifs is 1. The lowest BCUT2D eigenvalue weighted by Gasteiger charge is -2.39. The highest BCUT2D eigenvalue weighted by molar-refractivity contribution is 5.47. The first kappa shape index (κ1) is 8.09. The summed E-state index contributed by atoms with van der Waals surface area (Å²) in [6, 6.07) is 0. The van der Waals surface area contributed by atoms with Crippen molar-refractivity contribution in [3.8, 4) is 0 Å². The summed E-state index contributed by atoms with van der Waals surface area (Å²) in [6.45, 7) is 2.04. The van der Waals surface area contributed by atoms with Gasteiger partial charge in [0.1, 0.15) is 0 Å². The molecule has 2 atom stereocenters. The maximum Gasteiger partial charge on any atom is 0.209 e. The van der Waals surface area contributed by atoms with Gasteiger partial charge in [0.2, 0.25) is 6.41 Å². The average molecular weight is 167 g/mol. The molecule has 68 valence electrons. The average Bonchev–Trinajstić information content (AvgIpc) is 2.17. The fraction of sp³-hybridized carbons (Fsp3) is 0.900. The number of amides is 1. The molecule has 2 unspecified atom stereocenters. The van der Waals surface area contributed by atoms with Crippen LogP contribution in [0.25, 0.3) is 0 Å². The largest absolute Gasteiger partial charge is 0.345 e. The summed E-state index contributed by atoms with van der Waals surface area (Å²) < 4.78 is 0. The Morgan fingerprint density at radius 1 is 1.08 bits per heavy atom. The van der Waals surface area contributed by atoms with Gasteiger partial charge in [-0.2, -0.15) is 0 Å². The van der Waals surface area contributed by atoms with Gasteiger partial charge in [-0.1, -0.05) is 19.3 Å². The SMILES string of the molecule is O=CN1CCC2CCCCC2C1. The quantitative estimate of drug-likeness (QED) is 0.544. The van der Waals surface area contributed by atoms with Crippen molar-refractivity contribution in [2.45, 2.75) is 32.1 Å². The van der Waals surface area contributed by atoms with E-state index in [-0.39, 0.29) is 0 Å². The number of hydrogen-bond donors (Lipinski definition) is 0. The molecule has 1 amide bonds. The third-order valence-corrected chi connectivity index (χ3v) is 3.47. The molecule has 1 saturated carbocycles. The summed E-state index contributed by atoms with van der Waals surface area (Å²) in [5, 5.41) is 0. The van der Waals surface area contributed by atoms with Crippen molar-refractivity contribution < 1.29 is 4.79 Å². The Kier molecular flexibility index (Phi) is 2.33. The van der Waals surface area contributed by atoms with Crippen molar-refractivity contribution in [2.75, 3.05) is 13.1 Å². The van der Waals surface area contributed by atoms with E-state index in [4.69, 9.17) is 0 Å². The van der Waals surface area contributed by atoms with Crippen LogP contribution in [0, 0.1) is 11.8 Å². The molecule has 0 aromatic heterocycles. The first-order chi connectivity index (χ1) is 5.90. The van der Waals surface area contributed by atoms with Gasteiger partial charge in [0.05, 0.1) is 0 Å². The zero-order valence-electron chi connectivity index (χ0n) is 7.54. The van der Waals surface area contributed by atoms with E-state index in [2.05, 4.69) is 0 Å². The fourth-order valence-electron chi connectivity index (χ4n) is 2.72. The second kappa shape index (κ2) is 3.46. The fourth-order valence-corrected chi connectivity index (χ4v) is 2.72. The van der Waals surface area contributed by atoms with E-state index in [1.54, 1.807) is 0 Å². The molecule has 0 radical (unpaired) electrons. The highest BCUT2D eigenvalue weighted by Gasteiger charge is 2.30. The topological polar surface area (TPSA) is 20.3 Å². The molecule has 2 rings (SSSR count). The van der Waals surface area contributed by atoms with Crippen LogP contribution in [0.5, 0.6) is 0 Å². The van der Waals surface area contributed by atoms with E-state index in [1.165, 1.54) is 32.1 Å². The summed E-state index contributed by atoms with van der Waals surface area (Å²) in [6.07, 6.45) is 7.84. The molecule has 0 aromatic carbocycles. The van der Waals surface area contributed by atoms with Crippen LogP contribution >= 0.6 is 0 Å². The van der Waals surface area contributed by atoms with Gasteiger partial charge in [0.15, 0.2) is 0 Å². The number of nitrogens with zero attached hydrogens (tertiary/aromatic N) is 1. The molecule has 2 fully saturated rings. The minimum atomic E-state index is 0.831. The molecular weight excluding hydrogens is 150 g/mol. The zero-order chi connectivity index (χ0) is 8.39. The summed E-state index contributed by atoms with van der Waals surface area (Å²) >= 11 is 0. The second-order valence-corrected chi connectivity index (χ2v) is 4.19. The van der Waals surface area contributed by atoms with Crippen molar-refractivity contribution in [3.63, 3.8) is 0 Å². The van der Waals surface area contributed by atoms with Crippen LogP contribution in [0.3, 0.4) is 0 Å². The minimum Gasteiger partial charge on any atom is -0.345 e. The van der Waals surface area contributed by atoms with Gasteiger partial charge in [-0.15, -0.1) is 0 Å². The third-order valence-electron chi connectivity index (χ3n) is 3.47. The van der Waals surface area contributed by atoms with Gasteiger partial charge >= 0.3 is 0 Å². The minimum absolute atomic E-state index is 0.831. The second-order valence-electron chi connectivity index (χ2n) is 4.19. The number of piperidine rings is 1. The van der Waals surface area contributed by atoms with Gasteiger partial charge in [-0.3, -0.25) is 4.79 Å². The van der Waals surface area contributed by atoms with Gasteiger partial charge in [0.25, 0.3) is 0 Å². The standard InChI is InChI=1S/C10H17NO/c12-8-11-6-5-9-3-1-2-4-10(9)7-11/h8-10H,1-7H2. The number of carbonyl (C=O) groups is 1. The Morgan fingerprint density at radius 2 is 1.83 bits per heavy atom. The van der Waals surface area contributed by atoms with Crippen LogP contribution in [-0.4, -0.2) is 24.4 Å². The van der Waals surface area contributed by atoms with Crippen LogP contribution in [0.4, 0.5) is 0 Å². The first-order valence-electron chi connectivity index (χ1n) is 5.09. The van der Waals surface area contributed by atoms with E-state index >= 15 is 0 Å². The smallest absolute Gasteiger partial charge is 0.209 e. The van der Waals surface area contributed by atoms with E-state index in [0.717, 1.165) is 31.3 Å². The van der Waals surface area contributed by atoms with Crippen LogP contribution in [0.1, 0.15) is 32.1 Å². The Bertz CT molecular complexity index is 169. The van der Waals surface area contributed by atoms with Gasteiger partial charge in [-0.05, 0) is 24.7 Å². The molecule has 0 N–H and O–H groups in total. The molecule has 12 heavy (non-hydrogen) atoms. The van der Waals surface area contributed by atoms with E-state index in [1.807, 2.05) is 4.90 Å². The molecule has 2 aliphatic rings. The highest BCUT2D eigenvalue weighted by atomic mass is 16.1. The van der Waals surface area contributed by atoms with Crippen molar-refractivity contribution in [1.82, 2.24) is 4.90 Å². The molecule has 2 nitrogen and oxygen atoms in total. The summed E-state index contributed by atoms with van der Waals surface area (Å²) in [4.78, 5) is 12.5. The molecule has 1 saturated heterocycles. The normalized spacial score (nSPS) is 35.8. The summed E-state index contributed by atoms with van der Waals surface area (Å²) in [5.74, 6) is 1.77. The monoisotopic (exact) mass is 167 g/mol. The Labute approximate surface area is 73.9 Å². The van der Waals surface area contributed by atoms with Gasteiger partial charge < -0.3 is 4.90 Å². The molecule has 1 aliphatic heterocycles. The summed E-state index contributed by atoms with van der Waals surface area (Å²) in [5.41, 5.74) is 0. The molecule has 0 bridgehead atoms. The predicted molar refractivity (Wildman–Crippen MR) is 47.7 cm³/mol. The molecule has 2 heteroatoms. The lowest BCUT2D eigenvalue weighted by atomic mass is 9.75. The van der Waals surface area contributed by atoms with Crippen molar-refractivity contribution >= 4 is 6.41 Å². The molecule has 1 heterocycles. The third kappa shape index (κ3) is 1.47. The number of likely N-dealkylation sites (tertiary alicyclic amines) is 1. The van der Waals surface area contributed by atoms with Crippen molar-refractivity contribution in [3.05, 3.63) is 0 Å². The molecule has 0 aromatic rings. The van der Waals surface area contributed by atoms with Crippen LogP contribution in [0.15, 0.2) is 0 Å². The first-order valence-corrected chi connectivity index (χ1v) is 5.09. The Balaban J connectivity index is 1.93. The van der Waals surface area contributed by atoms with Crippen LogP contribution in [0.2, 0.25) is 0 Å². The van der Waals surface area contributed by atoms with Crippen LogP contribution < -0.4 is 0 Å². The Morgan fingerprint density at radius 3 is 2.58 bits per heavy atom. The molecule has 0 spiro atoms. The highest BCUT2D eigenvalue weighted by Crippen LogP contribution is 2.35. The van der Waals surface area contributed by atoms with E-state index in [9.17, 15) is 4.79 Å². The summed E-state index contributed by atoms with van der Waals surface area (Å²) in [7, 11) is 0. The number of carbonyl (C=O) groups excluding carboxylic acids is 1. The Hall–Kier alpha value is -0.530. The van der Waals surface area contributed by atoms with Gasteiger partial charge in [0, 0.05) is 13.1 Å². The lowest BCUT2D eigenvalue weighted by molar-refractivity contribution is -0.120. The number of rotatable bonds is 1. The lowest BCUT2D eigenvalue weighted by Crippen LogP contribution is -2.40. The van der Waals surface area contributed by atoms with Crippen molar-refractivity contribution in [1.29, 1.82) is 0 Å². The maximum absolute atomic E-state index is 10.6. The van der Waals surface area contributed by atoms with E-state index in [0.29, 0.717) is 0 Å². The zero-order valence-corrected chi connectivity index (χ0v) is 7.54.